The average Bonchev–Trinajstić information content (AvgIpc) is 2.86. The van der Waals surface area contributed by atoms with Crippen LogP contribution in [0.3, 0.4) is 0 Å². The fourth-order valence-corrected chi connectivity index (χ4v) is 3.33. The fourth-order valence-electron chi connectivity index (χ4n) is 2.43. The normalized spacial score (nSPS) is 17.7. The van der Waals surface area contributed by atoms with Gasteiger partial charge in [0.1, 0.15) is 5.75 Å². The van der Waals surface area contributed by atoms with Gasteiger partial charge in [0.05, 0.1) is 0 Å². The van der Waals surface area contributed by atoms with Crippen LogP contribution in [0.5, 0.6) is 0 Å². The highest BCUT2D eigenvalue weighted by Gasteiger charge is 2.75. The highest BCUT2D eigenvalue weighted by molar-refractivity contribution is 7.85. The lowest BCUT2D eigenvalue weighted by atomic mass is 10.1. The number of ether oxygens (including phenoxy) is 1. The maximum Gasteiger partial charge on any atom is 0.438 e. The molecular formula is C12H17F6NO5S. The van der Waals surface area contributed by atoms with Gasteiger partial charge in [-0.15, -0.1) is 0 Å². The number of rotatable bonds is 7. The number of likely N-dealkylation sites (tertiary alicyclic amines) is 1. The first-order valence-electron chi connectivity index (χ1n) is 7.21. The second-order valence-electron chi connectivity index (χ2n) is 5.68. The summed E-state index contributed by atoms with van der Waals surface area (Å²) in [6.45, 7) is 1.72. The lowest BCUT2D eigenvalue weighted by Gasteiger charge is -2.35. The molecule has 0 radical (unpaired) electrons. The molecule has 1 fully saturated rings. The summed E-state index contributed by atoms with van der Waals surface area (Å²) in [4.78, 5) is 13.4. The predicted molar refractivity (Wildman–Crippen MR) is 72.3 cm³/mol. The quantitative estimate of drug-likeness (QED) is 0.400. The van der Waals surface area contributed by atoms with E-state index in [-0.39, 0.29) is 6.42 Å². The third-order valence-corrected chi connectivity index (χ3v) is 4.41. The lowest BCUT2D eigenvalue weighted by molar-refractivity contribution is -0.361. The van der Waals surface area contributed by atoms with E-state index in [0.717, 1.165) is 12.8 Å². The van der Waals surface area contributed by atoms with Gasteiger partial charge in [0, 0.05) is 6.42 Å². The summed E-state index contributed by atoms with van der Waals surface area (Å²) in [7, 11) is -5.75. The molecule has 0 aromatic carbocycles. The van der Waals surface area contributed by atoms with Crippen LogP contribution in [0.1, 0.15) is 25.7 Å². The number of carbonyl (C=O) groups is 1. The van der Waals surface area contributed by atoms with E-state index in [0.29, 0.717) is 19.6 Å². The predicted octanol–water partition coefficient (Wildman–Crippen LogP) is 2.16. The lowest BCUT2D eigenvalue weighted by Crippen LogP contribution is -2.63. The van der Waals surface area contributed by atoms with E-state index in [4.69, 9.17) is 4.55 Å². The summed E-state index contributed by atoms with van der Waals surface area (Å²) in [6, 6.07) is 0. The molecule has 13 heteroatoms. The van der Waals surface area contributed by atoms with Crippen molar-refractivity contribution >= 4 is 16.1 Å². The van der Waals surface area contributed by atoms with Gasteiger partial charge in [-0.05, 0) is 38.9 Å². The van der Waals surface area contributed by atoms with Crippen molar-refractivity contribution in [3.05, 3.63) is 0 Å². The molecule has 0 aromatic heterocycles. The summed E-state index contributed by atoms with van der Waals surface area (Å²) in [5.74, 6) is -4.71. The van der Waals surface area contributed by atoms with E-state index in [2.05, 4.69) is 4.74 Å². The van der Waals surface area contributed by atoms with Gasteiger partial charge in [-0.1, -0.05) is 0 Å². The molecule has 1 heterocycles. The molecule has 0 spiro atoms. The molecule has 0 aromatic rings. The van der Waals surface area contributed by atoms with E-state index in [1.807, 2.05) is 4.90 Å². The van der Waals surface area contributed by atoms with Crippen LogP contribution < -0.4 is 0 Å². The molecule has 25 heavy (non-hydrogen) atoms. The maximum atomic E-state index is 12.9. The van der Waals surface area contributed by atoms with Gasteiger partial charge < -0.3 is 9.64 Å². The molecule has 0 saturated carbocycles. The Bertz CT molecular complexity index is 554. The Balaban J connectivity index is 2.89. The molecule has 6 nitrogen and oxygen atoms in total. The summed E-state index contributed by atoms with van der Waals surface area (Å²) < 4.78 is 111. The van der Waals surface area contributed by atoms with Crippen molar-refractivity contribution in [3.8, 4) is 0 Å². The minimum Gasteiger partial charge on any atom is -0.438 e. The van der Waals surface area contributed by atoms with Crippen LogP contribution in [-0.4, -0.2) is 67.2 Å². The van der Waals surface area contributed by atoms with Crippen LogP contribution in [-0.2, 0) is 19.6 Å². The molecule has 1 aliphatic rings. The maximum absolute atomic E-state index is 12.9. The summed E-state index contributed by atoms with van der Waals surface area (Å²) in [6.07, 6.45) is -11.6. The average molecular weight is 401 g/mol. The standard InChI is InChI=1S/C12H17F6NO5S/c13-11(14,15)10(12(16,17)18,8-25(21,22)23)24-9(20)4-3-7-19-5-1-2-6-19/h1-8H2,(H,21,22,23). The first kappa shape index (κ1) is 22.0. The van der Waals surface area contributed by atoms with Crippen LogP contribution in [0.15, 0.2) is 0 Å². The minimum atomic E-state index is -6.29. The highest BCUT2D eigenvalue weighted by Crippen LogP contribution is 2.47. The Morgan fingerprint density at radius 3 is 1.92 bits per heavy atom. The van der Waals surface area contributed by atoms with Crippen LogP contribution in [0.4, 0.5) is 26.3 Å². The van der Waals surface area contributed by atoms with Crippen LogP contribution in [0, 0.1) is 0 Å². The third kappa shape index (κ3) is 5.99. The summed E-state index contributed by atoms with van der Waals surface area (Å²) in [5.41, 5.74) is -5.32. The Hall–Kier alpha value is -1.08. The van der Waals surface area contributed by atoms with Crippen molar-refractivity contribution in [1.82, 2.24) is 4.90 Å². The number of nitrogens with zero attached hydrogens (tertiary/aromatic N) is 1. The zero-order valence-electron chi connectivity index (χ0n) is 12.9. The van der Waals surface area contributed by atoms with Crippen molar-refractivity contribution in [2.45, 2.75) is 43.6 Å². The zero-order chi connectivity index (χ0) is 19.5. The second-order valence-corrected chi connectivity index (χ2v) is 7.13. The highest BCUT2D eigenvalue weighted by atomic mass is 32.2. The SMILES string of the molecule is O=C(CCCN1CCCC1)OC(CS(=O)(=O)O)(C(F)(F)F)C(F)(F)F. The van der Waals surface area contributed by atoms with Gasteiger partial charge >= 0.3 is 23.9 Å². The van der Waals surface area contributed by atoms with Crippen molar-refractivity contribution in [2.75, 3.05) is 25.4 Å². The number of alkyl halides is 6. The van der Waals surface area contributed by atoms with Crippen LogP contribution in [0.2, 0.25) is 0 Å². The minimum absolute atomic E-state index is 0.0451. The number of carbonyl (C=O) groups excluding carboxylic acids is 1. The number of esters is 1. The molecule has 0 aliphatic carbocycles. The van der Waals surface area contributed by atoms with E-state index in [1.165, 1.54) is 0 Å². The molecular weight excluding hydrogens is 384 g/mol. The Labute approximate surface area is 139 Å². The monoisotopic (exact) mass is 401 g/mol. The smallest absolute Gasteiger partial charge is 0.438 e. The molecule has 0 unspecified atom stereocenters. The molecule has 1 rings (SSSR count). The first-order chi connectivity index (χ1) is 11.2. The van der Waals surface area contributed by atoms with Crippen molar-refractivity contribution in [3.63, 3.8) is 0 Å². The van der Waals surface area contributed by atoms with Gasteiger partial charge in [0.2, 0.25) is 0 Å². The largest absolute Gasteiger partial charge is 0.438 e. The van der Waals surface area contributed by atoms with Gasteiger partial charge in [0.25, 0.3) is 10.1 Å². The van der Waals surface area contributed by atoms with Crippen molar-refractivity contribution in [1.29, 1.82) is 0 Å². The zero-order valence-corrected chi connectivity index (χ0v) is 13.7. The summed E-state index contributed by atoms with van der Waals surface area (Å²) in [5, 5.41) is 0. The van der Waals surface area contributed by atoms with Crippen molar-refractivity contribution < 1.29 is 48.8 Å². The molecule has 1 aliphatic heterocycles. The summed E-state index contributed by atoms with van der Waals surface area (Å²) >= 11 is 0. The van der Waals surface area contributed by atoms with E-state index in [9.17, 15) is 39.6 Å². The first-order valence-corrected chi connectivity index (χ1v) is 8.82. The van der Waals surface area contributed by atoms with Gasteiger partial charge in [-0.2, -0.15) is 34.8 Å². The Morgan fingerprint density at radius 2 is 1.52 bits per heavy atom. The topological polar surface area (TPSA) is 83.9 Å². The van der Waals surface area contributed by atoms with Gasteiger partial charge in [-0.3, -0.25) is 9.35 Å². The molecule has 0 atom stereocenters. The van der Waals surface area contributed by atoms with E-state index in [1.54, 1.807) is 0 Å². The number of hydrogen-bond donors (Lipinski definition) is 1. The Kier molecular flexibility index (Phi) is 6.73. The molecule has 1 N–H and O–H groups in total. The number of halogens is 6. The number of hydrogen-bond acceptors (Lipinski definition) is 5. The Morgan fingerprint density at radius 1 is 1.04 bits per heavy atom. The third-order valence-electron chi connectivity index (χ3n) is 3.64. The molecule has 148 valence electrons. The van der Waals surface area contributed by atoms with E-state index < -0.39 is 46.2 Å². The van der Waals surface area contributed by atoms with Crippen molar-refractivity contribution in [2.24, 2.45) is 0 Å². The van der Waals surface area contributed by atoms with E-state index >= 15 is 0 Å². The van der Waals surface area contributed by atoms with Crippen LogP contribution >= 0.6 is 0 Å². The van der Waals surface area contributed by atoms with Crippen LogP contribution in [0.25, 0.3) is 0 Å². The molecule has 1 saturated heterocycles. The second kappa shape index (κ2) is 7.66. The molecule has 0 bridgehead atoms. The fraction of sp³-hybridized carbons (Fsp3) is 0.917. The molecule has 0 amide bonds. The van der Waals surface area contributed by atoms with Gasteiger partial charge in [-0.25, -0.2) is 0 Å². The van der Waals surface area contributed by atoms with Gasteiger partial charge in [0.15, 0.2) is 0 Å².